The van der Waals surface area contributed by atoms with Gasteiger partial charge in [0.2, 0.25) is 5.82 Å². The van der Waals surface area contributed by atoms with E-state index in [2.05, 4.69) is 4.98 Å². The first-order valence-electron chi connectivity index (χ1n) is 11.0. The summed E-state index contributed by atoms with van der Waals surface area (Å²) in [7, 11) is 1.05. The third-order valence-electron chi connectivity index (χ3n) is 6.58. The summed E-state index contributed by atoms with van der Waals surface area (Å²) in [5.41, 5.74) is 2.32. The fraction of sp³-hybridized carbons (Fsp3) is 0.458. The number of methoxy groups -OCH3 is 1. The van der Waals surface area contributed by atoms with Gasteiger partial charge in [0.25, 0.3) is 11.8 Å². The molecule has 0 bridgehead atoms. The Kier molecular flexibility index (Phi) is 7.31. The smallest absolute Gasteiger partial charge is 0.417 e. The van der Waals surface area contributed by atoms with E-state index in [0.29, 0.717) is 0 Å². The van der Waals surface area contributed by atoms with Crippen LogP contribution in [-0.4, -0.2) is 47.8 Å². The van der Waals surface area contributed by atoms with E-state index in [9.17, 15) is 31.5 Å². The van der Waals surface area contributed by atoms with E-state index < -0.39 is 65.0 Å². The Bertz CT molecular complexity index is 1170. The highest BCUT2D eigenvalue weighted by atomic mass is 19.4. The van der Waals surface area contributed by atoms with Crippen molar-refractivity contribution in [2.75, 3.05) is 12.0 Å². The van der Waals surface area contributed by atoms with Gasteiger partial charge in [-0.25, -0.2) is 4.39 Å². The maximum Gasteiger partial charge on any atom is 0.417 e. The van der Waals surface area contributed by atoms with Crippen LogP contribution in [0.5, 0.6) is 5.75 Å². The molecule has 2 heterocycles. The van der Waals surface area contributed by atoms with E-state index in [4.69, 9.17) is 15.2 Å². The molecule has 1 fully saturated rings. The molecule has 1 aromatic heterocycles. The Morgan fingerprint density at radius 1 is 1.22 bits per heavy atom. The predicted molar refractivity (Wildman–Crippen MR) is 120 cm³/mol. The van der Waals surface area contributed by atoms with Gasteiger partial charge in [0, 0.05) is 35.3 Å². The van der Waals surface area contributed by atoms with Crippen LogP contribution in [0.3, 0.4) is 0 Å². The van der Waals surface area contributed by atoms with Gasteiger partial charge in [-0.1, -0.05) is 13.0 Å². The summed E-state index contributed by atoms with van der Waals surface area (Å²) in [6.07, 6.45) is -5.44. The average molecular weight is 515 g/mol. The van der Waals surface area contributed by atoms with Crippen molar-refractivity contribution in [2.45, 2.75) is 57.5 Å². The highest BCUT2D eigenvalue weighted by molar-refractivity contribution is 5.99. The lowest BCUT2D eigenvalue weighted by Crippen LogP contribution is -2.49. The van der Waals surface area contributed by atoms with Crippen LogP contribution >= 0.6 is 0 Å². The molecule has 12 heteroatoms. The second-order valence-corrected chi connectivity index (χ2v) is 9.01. The van der Waals surface area contributed by atoms with E-state index in [1.807, 2.05) is 0 Å². The van der Waals surface area contributed by atoms with Gasteiger partial charge < -0.3 is 20.1 Å². The first-order valence-corrected chi connectivity index (χ1v) is 11.0. The third kappa shape index (κ3) is 4.49. The van der Waals surface area contributed by atoms with Crippen molar-refractivity contribution in [3.8, 4) is 5.75 Å². The highest BCUT2D eigenvalue weighted by Gasteiger charge is 2.66. The Morgan fingerprint density at radius 2 is 1.86 bits per heavy atom. The lowest BCUT2D eigenvalue weighted by Gasteiger charge is -2.32. The molecule has 1 aliphatic rings. The molecule has 196 valence electrons. The van der Waals surface area contributed by atoms with Crippen molar-refractivity contribution >= 4 is 17.5 Å². The first kappa shape index (κ1) is 27.3. The minimum absolute atomic E-state index is 0.145. The Labute approximate surface area is 204 Å². The average Bonchev–Trinajstić information content (AvgIpc) is 3.07. The molecule has 0 spiro atoms. The highest BCUT2D eigenvalue weighted by Crippen LogP contribution is 2.55. The topological polar surface area (TPSA) is 94.8 Å². The largest absolute Gasteiger partial charge is 0.493 e. The van der Waals surface area contributed by atoms with Crippen molar-refractivity contribution in [3.63, 3.8) is 0 Å². The lowest BCUT2D eigenvalue weighted by atomic mass is 9.76. The van der Waals surface area contributed by atoms with Crippen LogP contribution in [0.1, 0.15) is 49.7 Å². The fourth-order valence-electron chi connectivity index (χ4n) is 4.55. The molecule has 1 saturated heterocycles. The minimum atomic E-state index is -4.90. The standard InChI is InChI=1S/C24H26F5N3O4/c1-11(2)32(13-8-9-31-16(10-13)21(30)33)22(34)20-17(12(3)23(4,36-20)24(27,28)29)14-6-7-15(25)18(26)19(14)35-5/h6-12,17,20H,1-5H3,(H2,30,33)/t12-,17-,20+,23+/m0/s1. The quantitative estimate of drug-likeness (QED) is 0.578. The van der Waals surface area contributed by atoms with Gasteiger partial charge >= 0.3 is 6.18 Å². The van der Waals surface area contributed by atoms with E-state index in [0.717, 1.165) is 31.1 Å². The van der Waals surface area contributed by atoms with Gasteiger partial charge in [-0.15, -0.1) is 0 Å². The van der Waals surface area contributed by atoms with Crippen LogP contribution in [0.4, 0.5) is 27.6 Å². The Hall–Kier alpha value is -3.28. The number of alkyl halides is 3. The number of nitrogens with zero attached hydrogens (tertiary/aromatic N) is 2. The van der Waals surface area contributed by atoms with Crippen LogP contribution in [0.25, 0.3) is 0 Å². The number of hydrogen-bond acceptors (Lipinski definition) is 5. The maximum absolute atomic E-state index is 14.6. The lowest BCUT2D eigenvalue weighted by molar-refractivity contribution is -0.272. The SMILES string of the molecule is COc1c([C@H]2[C@H](C(=O)N(c3ccnc(C(N)=O)c3)C(C)C)O[C@@](C)(C(F)(F)F)[C@H]2C)ccc(F)c1F. The summed E-state index contributed by atoms with van der Waals surface area (Å²) in [4.78, 5) is 30.4. The number of halogens is 5. The van der Waals surface area contributed by atoms with E-state index >= 15 is 0 Å². The van der Waals surface area contributed by atoms with Crippen molar-refractivity contribution in [1.29, 1.82) is 0 Å². The molecular formula is C24H26F5N3O4. The van der Waals surface area contributed by atoms with E-state index in [1.54, 1.807) is 13.8 Å². The van der Waals surface area contributed by atoms with E-state index in [1.165, 1.54) is 25.3 Å². The second kappa shape index (κ2) is 9.64. The third-order valence-corrected chi connectivity index (χ3v) is 6.58. The fourth-order valence-corrected chi connectivity index (χ4v) is 4.55. The molecular weight excluding hydrogens is 489 g/mol. The normalized spacial score (nSPS) is 24.1. The number of amides is 2. The molecule has 0 saturated carbocycles. The molecule has 2 aromatic rings. The van der Waals surface area contributed by atoms with Crippen molar-refractivity contribution in [1.82, 2.24) is 4.98 Å². The number of primary amides is 1. The Balaban J connectivity index is 2.20. The zero-order valence-corrected chi connectivity index (χ0v) is 20.2. The zero-order valence-electron chi connectivity index (χ0n) is 20.2. The molecule has 1 aliphatic heterocycles. The molecule has 2 amide bonds. The molecule has 0 radical (unpaired) electrons. The van der Waals surface area contributed by atoms with Crippen molar-refractivity contribution < 1.29 is 41.0 Å². The number of rotatable bonds is 6. The molecule has 0 aliphatic carbocycles. The molecule has 1 aromatic carbocycles. The molecule has 3 rings (SSSR count). The summed E-state index contributed by atoms with van der Waals surface area (Å²) in [5, 5.41) is 0. The zero-order chi connectivity index (χ0) is 27.2. The van der Waals surface area contributed by atoms with Gasteiger partial charge in [-0.3, -0.25) is 14.6 Å². The van der Waals surface area contributed by atoms with Crippen LogP contribution < -0.4 is 15.4 Å². The number of hydrogen-bond donors (Lipinski definition) is 1. The molecule has 4 atom stereocenters. The van der Waals surface area contributed by atoms with Crippen LogP contribution in [0, 0.1) is 17.6 Å². The van der Waals surface area contributed by atoms with Gasteiger partial charge in [-0.2, -0.15) is 17.6 Å². The van der Waals surface area contributed by atoms with Gasteiger partial charge in [0.05, 0.1) is 7.11 Å². The van der Waals surface area contributed by atoms with Crippen LogP contribution in [-0.2, 0) is 9.53 Å². The molecule has 0 unspecified atom stereocenters. The van der Waals surface area contributed by atoms with Crippen molar-refractivity contribution in [3.05, 3.63) is 53.4 Å². The second-order valence-electron chi connectivity index (χ2n) is 9.01. The number of aromatic nitrogens is 1. The predicted octanol–water partition coefficient (Wildman–Crippen LogP) is 4.35. The summed E-state index contributed by atoms with van der Waals surface area (Å²) in [6.45, 7) is 5.25. The number of carbonyl (C=O) groups is 2. The summed E-state index contributed by atoms with van der Waals surface area (Å²) < 4.78 is 81.5. The number of ether oxygens (including phenoxy) is 2. The summed E-state index contributed by atoms with van der Waals surface area (Å²) in [5.74, 6) is -7.80. The van der Waals surface area contributed by atoms with Gasteiger partial charge in [0.1, 0.15) is 11.8 Å². The minimum Gasteiger partial charge on any atom is -0.493 e. The number of benzene rings is 1. The molecule has 7 nitrogen and oxygen atoms in total. The molecule has 36 heavy (non-hydrogen) atoms. The first-order chi connectivity index (χ1) is 16.7. The number of carbonyl (C=O) groups excluding carboxylic acids is 2. The van der Waals surface area contributed by atoms with Crippen LogP contribution in [0.15, 0.2) is 30.5 Å². The van der Waals surface area contributed by atoms with Crippen molar-refractivity contribution in [2.24, 2.45) is 11.7 Å². The summed E-state index contributed by atoms with van der Waals surface area (Å²) >= 11 is 0. The Morgan fingerprint density at radius 3 is 2.39 bits per heavy atom. The monoisotopic (exact) mass is 515 g/mol. The maximum atomic E-state index is 14.6. The number of anilines is 1. The van der Waals surface area contributed by atoms with Gasteiger partial charge in [-0.05, 0) is 39.0 Å². The number of pyridine rings is 1. The number of nitrogens with two attached hydrogens (primary N) is 1. The van der Waals surface area contributed by atoms with Crippen LogP contribution in [0.2, 0.25) is 0 Å². The summed E-state index contributed by atoms with van der Waals surface area (Å²) in [6, 6.07) is 3.85. The van der Waals surface area contributed by atoms with E-state index in [-0.39, 0.29) is 16.9 Å². The van der Waals surface area contributed by atoms with Gasteiger partial charge in [0.15, 0.2) is 17.2 Å². The molecule has 2 N–H and O–H groups in total.